The van der Waals surface area contributed by atoms with Crippen molar-refractivity contribution in [1.82, 2.24) is 14.4 Å². The Balaban J connectivity index is 2.03. The lowest BCUT2D eigenvalue weighted by Gasteiger charge is -2.06. The van der Waals surface area contributed by atoms with Crippen LogP contribution in [0.15, 0.2) is 57.3 Å². The Kier molecular flexibility index (Phi) is 3.44. The molecule has 0 unspecified atom stereocenters. The van der Waals surface area contributed by atoms with E-state index in [2.05, 4.69) is 43.3 Å². The maximum absolute atomic E-state index is 4.57. The van der Waals surface area contributed by atoms with Crippen molar-refractivity contribution in [2.45, 2.75) is 9.92 Å². The Bertz CT molecular complexity index is 708. The molecule has 96 valence electrons. The molecule has 0 amide bonds. The van der Waals surface area contributed by atoms with Gasteiger partial charge in [0.1, 0.15) is 10.8 Å². The van der Waals surface area contributed by atoms with Gasteiger partial charge in [0, 0.05) is 28.8 Å². The molecule has 0 bridgehead atoms. The monoisotopic (exact) mass is 334 g/mol. The van der Waals surface area contributed by atoms with Gasteiger partial charge < -0.3 is 9.72 Å². The number of nitrogens with one attached hydrogen (secondary N) is 1. The third-order valence-electron chi connectivity index (χ3n) is 2.63. The topological polar surface area (TPSA) is 42.2 Å². The van der Waals surface area contributed by atoms with Gasteiger partial charge in [-0.05, 0) is 24.3 Å². The normalized spacial score (nSPS) is 10.8. The van der Waals surface area contributed by atoms with Gasteiger partial charge in [-0.2, -0.15) is 0 Å². The molecule has 2 aromatic heterocycles. The van der Waals surface area contributed by atoms with Crippen LogP contribution < -0.4 is 5.32 Å². The molecule has 0 fully saturated rings. The van der Waals surface area contributed by atoms with E-state index in [9.17, 15) is 0 Å². The molecule has 6 heteroatoms. The summed E-state index contributed by atoms with van der Waals surface area (Å²) in [5.41, 5.74) is 0.868. The number of benzene rings is 1. The van der Waals surface area contributed by atoms with Crippen LogP contribution in [-0.4, -0.2) is 21.4 Å². The Labute approximate surface area is 123 Å². The number of aromatic nitrogens is 3. The van der Waals surface area contributed by atoms with Crippen LogP contribution in [0.5, 0.6) is 0 Å². The zero-order valence-electron chi connectivity index (χ0n) is 10.2. The second-order valence-electron chi connectivity index (χ2n) is 3.90. The van der Waals surface area contributed by atoms with Crippen molar-refractivity contribution in [2.24, 2.45) is 0 Å². The second-order valence-corrected chi connectivity index (χ2v) is 5.87. The summed E-state index contributed by atoms with van der Waals surface area (Å²) >= 11 is 5.04. The van der Waals surface area contributed by atoms with Gasteiger partial charge in [-0.3, -0.25) is 0 Å². The van der Waals surface area contributed by atoms with Crippen molar-refractivity contribution >= 4 is 39.2 Å². The predicted molar refractivity (Wildman–Crippen MR) is 80.8 cm³/mol. The van der Waals surface area contributed by atoms with Crippen LogP contribution in [0.25, 0.3) is 5.65 Å². The van der Waals surface area contributed by atoms with E-state index in [1.54, 1.807) is 18.0 Å². The van der Waals surface area contributed by atoms with Gasteiger partial charge >= 0.3 is 0 Å². The average Bonchev–Trinajstić information content (AvgIpc) is 2.89. The van der Waals surface area contributed by atoms with Gasteiger partial charge in [0.2, 0.25) is 0 Å². The van der Waals surface area contributed by atoms with Gasteiger partial charge in [-0.1, -0.05) is 27.7 Å². The molecule has 0 saturated heterocycles. The van der Waals surface area contributed by atoms with E-state index in [0.29, 0.717) is 0 Å². The van der Waals surface area contributed by atoms with Gasteiger partial charge in [0.15, 0.2) is 5.65 Å². The smallest absolute Gasteiger partial charge is 0.170 e. The third kappa shape index (κ3) is 2.59. The van der Waals surface area contributed by atoms with Crippen molar-refractivity contribution in [3.05, 3.63) is 47.3 Å². The van der Waals surface area contributed by atoms with Crippen molar-refractivity contribution < 1.29 is 0 Å². The minimum atomic E-state index is 0.824. The largest absolute Gasteiger partial charge is 0.372 e. The molecule has 1 aromatic carbocycles. The summed E-state index contributed by atoms with van der Waals surface area (Å²) in [5.74, 6) is 0.824. The zero-order chi connectivity index (χ0) is 13.2. The quantitative estimate of drug-likeness (QED) is 0.793. The van der Waals surface area contributed by atoms with E-state index in [1.165, 1.54) is 0 Å². The highest BCUT2D eigenvalue weighted by atomic mass is 79.9. The molecule has 0 radical (unpaired) electrons. The molecule has 3 aromatic rings. The molecule has 4 nitrogen and oxygen atoms in total. The van der Waals surface area contributed by atoms with Crippen LogP contribution in [0.1, 0.15) is 0 Å². The van der Waals surface area contributed by atoms with Crippen LogP contribution in [0.2, 0.25) is 0 Å². The van der Waals surface area contributed by atoms with Crippen LogP contribution in [0.4, 0.5) is 5.82 Å². The Morgan fingerprint density at radius 3 is 2.79 bits per heavy atom. The van der Waals surface area contributed by atoms with Crippen molar-refractivity contribution in [2.75, 3.05) is 12.4 Å². The maximum atomic E-state index is 4.57. The van der Waals surface area contributed by atoms with E-state index < -0.39 is 0 Å². The van der Waals surface area contributed by atoms with Crippen molar-refractivity contribution in [3.8, 4) is 0 Å². The van der Waals surface area contributed by atoms with Crippen LogP contribution in [0.3, 0.4) is 0 Å². The summed E-state index contributed by atoms with van der Waals surface area (Å²) in [6.45, 7) is 0. The van der Waals surface area contributed by atoms with E-state index in [1.807, 2.05) is 36.0 Å². The van der Waals surface area contributed by atoms with Crippen LogP contribution in [0, 0.1) is 0 Å². The average molecular weight is 335 g/mol. The summed E-state index contributed by atoms with van der Waals surface area (Å²) in [6, 6.07) is 8.16. The number of nitrogens with zero attached hydrogens (tertiary/aromatic N) is 3. The molecule has 0 atom stereocenters. The summed E-state index contributed by atoms with van der Waals surface area (Å²) in [4.78, 5) is 10.0. The van der Waals surface area contributed by atoms with Gasteiger partial charge in [0.05, 0.1) is 6.20 Å². The summed E-state index contributed by atoms with van der Waals surface area (Å²) in [6.07, 6.45) is 5.62. The fourth-order valence-corrected chi connectivity index (χ4v) is 2.86. The molecule has 0 saturated carbocycles. The van der Waals surface area contributed by atoms with E-state index in [4.69, 9.17) is 0 Å². The highest BCUT2D eigenvalue weighted by Crippen LogP contribution is 2.30. The third-order valence-corrected chi connectivity index (χ3v) is 4.13. The molecule has 2 heterocycles. The number of imidazole rings is 1. The summed E-state index contributed by atoms with van der Waals surface area (Å²) in [7, 11) is 1.86. The first-order valence-electron chi connectivity index (χ1n) is 5.71. The standard InChI is InChI=1S/C13H11BrN4S/c1-15-11-8-18-7-6-16-12(18)13(17-11)19-10-4-2-9(14)3-5-10/h2-8,15H,1H3. The molecule has 0 spiro atoms. The molecule has 1 N–H and O–H groups in total. The Hall–Kier alpha value is -1.53. The number of anilines is 1. The number of halogens is 1. The summed E-state index contributed by atoms with van der Waals surface area (Å²) in [5, 5.41) is 3.95. The van der Waals surface area contributed by atoms with E-state index >= 15 is 0 Å². The van der Waals surface area contributed by atoms with Crippen LogP contribution in [-0.2, 0) is 0 Å². The lowest BCUT2D eigenvalue weighted by Crippen LogP contribution is -1.98. The van der Waals surface area contributed by atoms with E-state index in [0.717, 1.165) is 25.9 Å². The fraction of sp³-hybridized carbons (Fsp3) is 0.0769. The number of hydrogen-bond donors (Lipinski definition) is 1. The first-order chi connectivity index (χ1) is 9.26. The molecular weight excluding hydrogens is 324 g/mol. The first kappa shape index (κ1) is 12.5. The minimum absolute atomic E-state index is 0.824. The molecule has 19 heavy (non-hydrogen) atoms. The predicted octanol–water partition coefficient (Wildman–Crippen LogP) is 3.68. The summed E-state index contributed by atoms with van der Waals surface area (Å²) < 4.78 is 3.04. The highest BCUT2D eigenvalue weighted by molar-refractivity contribution is 9.10. The van der Waals surface area contributed by atoms with Gasteiger partial charge in [-0.25, -0.2) is 9.97 Å². The lowest BCUT2D eigenvalue weighted by atomic mass is 10.4. The minimum Gasteiger partial charge on any atom is -0.372 e. The SMILES string of the molecule is CNc1cn2ccnc2c(Sc2ccc(Br)cc2)n1. The van der Waals surface area contributed by atoms with E-state index in [-0.39, 0.29) is 0 Å². The van der Waals surface area contributed by atoms with Gasteiger partial charge in [0.25, 0.3) is 0 Å². The van der Waals surface area contributed by atoms with Crippen LogP contribution >= 0.6 is 27.7 Å². The second kappa shape index (κ2) is 5.22. The fourth-order valence-electron chi connectivity index (χ4n) is 1.71. The first-order valence-corrected chi connectivity index (χ1v) is 7.32. The molecule has 0 aliphatic heterocycles. The van der Waals surface area contributed by atoms with Crippen molar-refractivity contribution in [1.29, 1.82) is 0 Å². The zero-order valence-corrected chi connectivity index (χ0v) is 12.6. The van der Waals surface area contributed by atoms with Gasteiger partial charge in [-0.15, -0.1) is 0 Å². The molecule has 0 aliphatic rings. The Morgan fingerprint density at radius 1 is 1.26 bits per heavy atom. The number of hydrogen-bond acceptors (Lipinski definition) is 4. The molecule has 3 rings (SSSR count). The van der Waals surface area contributed by atoms with Crippen molar-refractivity contribution in [3.63, 3.8) is 0 Å². The number of rotatable bonds is 3. The molecule has 0 aliphatic carbocycles. The maximum Gasteiger partial charge on any atom is 0.170 e. The lowest BCUT2D eigenvalue weighted by molar-refractivity contribution is 1.03. The highest BCUT2D eigenvalue weighted by Gasteiger charge is 2.08. The molecular formula is C13H11BrN4S. The number of fused-ring (bicyclic) bond motifs is 1. The Morgan fingerprint density at radius 2 is 2.05 bits per heavy atom.